The molecule has 0 unspecified atom stereocenters. The maximum atomic E-state index is 12.4. The maximum Gasteiger partial charge on any atom is 0.407 e. The first-order valence-electron chi connectivity index (χ1n) is 8.28. The molecule has 0 bridgehead atoms. The Balaban J connectivity index is 1.74. The van der Waals surface area contributed by atoms with E-state index in [0.717, 1.165) is 45.2 Å². The Morgan fingerprint density at radius 3 is 2.36 bits per heavy atom. The molecular formula is C17H28N2O3. The van der Waals surface area contributed by atoms with Crippen LogP contribution in [0.1, 0.15) is 52.9 Å². The minimum Gasteiger partial charge on any atom is -0.444 e. The zero-order chi connectivity index (χ0) is 16.2. The highest BCUT2D eigenvalue weighted by Gasteiger charge is 2.29. The lowest BCUT2D eigenvalue weighted by Gasteiger charge is -2.35. The summed E-state index contributed by atoms with van der Waals surface area (Å²) >= 11 is 0. The number of ether oxygens (including phenoxy) is 1. The summed E-state index contributed by atoms with van der Waals surface area (Å²) in [6, 6.07) is 0.102. The first-order valence-corrected chi connectivity index (χ1v) is 8.28. The van der Waals surface area contributed by atoms with Crippen molar-refractivity contribution in [3.05, 3.63) is 12.2 Å². The van der Waals surface area contributed by atoms with Crippen LogP contribution in [0.5, 0.6) is 0 Å². The third-order valence-electron chi connectivity index (χ3n) is 4.15. The molecule has 2 aliphatic rings. The third-order valence-corrected chi connectivity index (χ3v) is 4.15. The van der Waals surface area contributed by atoms with E-state index in [1.807, 2.05) is 25.7 Å². The van der Waals surface area contributed by atoms with Gasteiger partial charge in [-0.15, -0.1) is 0 Å². The third kappa shape index (κ3) is 5.04. The van der Waals surface area contributed by atoms with E-state index in [2.05, 4.69) is 17.5 Å². The molecule has 2 amide bonds. The molecule has 1 saturated heterocycles. The van der Waals surface area contributed by atoms with Gasteiger partial charge in [0.25, 0.3) is 0 Å². The van der Waals surface area contributed by atoms with E-state index in [0.29, 0.717) is 0 Å². The fraction of sp³-hybridized carbons (Fsp3) is 0.765. The van der Waals surface area contributed by atoms with Gasteiger partial charge >= 0.3 is 6.09 Å². The average Bonchev–Trinajstić information content (AvgIpc) is 2.46. The highest BCUT2D eigenvalue weighted by molar-refractivity contribution is 5.79. The number of likely N-dealkylation sites (tertiary alicyclic amines) is 1. The monoisotopic (exact) mass is 308 g/mol. The maximum absolute atomic E-state index is 12.4. The number of rotatable bonds is 2. The Kier molecular flexibility index (Phi) is 5.48. The van der Waals surface area contributed by atoms with Crippen LogP contribution in [-0.2, 0) is 9.53 Å². The van der Waals surface area contributed by atoms with Crippen molar-refractivity contribution in [2.24, 2.45) is 5.92 Å². The number of carbonyl (C=O) groups excluding carboxylic acids is 2. The van der Waals surface area contributed by atoms with Gasteiger partial charge in [0, 0.05) is 25.0 Å². The van der Waals surface area contributed by atoms with Gasteiger partial charge in [-0.2, -0.15) is 0 Å². The number of hydrogen-bond donors (Lipinski definition) is 1. The van der Waals surface area contributed by atoms with Crippen LogP contribution in [0, 0.1) is 5.92 Å². The highest BCUT2D eigenvalue weighted by Crippen LogP contribution is 2.22. The molecule has 5 heteroatoms. The van der Waals surface area contributed by atoms with Crippen LogP contribution in [0.3, 0.4) is 0 Å². The minimum absolute atomic E-state index is 0.102. The normalized spacial score (nSPS) is 23.2. The Labute approximate surface area is 133 Å². The SMILES string of the molecule is CC(C)(C)OC(=O)NC1CCN(C(=O)[C@H]2CC=CCC2)CC1. The largest absolute Gasteiger partial charge is 0.444 e. The summed E-state index contributed by atoms with van der Waals surface area (Å²) in [4.78, 5) is 26.2. The van der Waals surface area contributed by atoms with E-state index in [9.17, 15) is 9.59 Å². The Morgan fingerprint density at radius 1 is 1.14 bits per heavy atom. The quantitative estimate of drug-likeness (QED) is 0.798. The first kappa shape index (κ1) is 16.8. The van der Waals surface area contributed by atoms with E-state index >= 15 is 0 Å². The van der Waals surface area contributed by atoms with Crippen LogP contribution in [0.4, 0.5) is 4.79 Å². The number of carbonyl (C=O) groups is 2. The van der Waals surface area contributed by atoms with E-state index in [-0.39, 0.29) is 24.0 Å². The predicted octanol–water partition coefficient (Wildman–Crippen LogP) is 2.86. The highest BCUT2D eigenvalue weighted by atomic mass is 16.6. The van der Waals surface area contributed by atoms with Gasteiger partial charge in [0.2, 0.25) is 5.91 Å². The summed E-state index contributed by atoms with van der Waals surface area (Å²) in [6.07, 6.45) is 8.34. The molecule has 1 atom stereocenters. The van der Waals surface area contributed by atoms with E-state index in [4.69, 9.17) is 4.74 Å². The molecule has 0 aromatic heterocycles. The Hall–Kier alpha value is -1.52. The Bertz CT molecular complexity index is 432. The summed E-state index contributed by atoms with van der Waals surface area (Å²) in [6.45, 7) is 7.00. The standard InChI is InChI=1S/C17H28N2O3/c1-17(2,3)22-16(21)18-14-9-11-19(12-10-14)15(20)13-7-5-4-6-8-13/h4-5,13-14H,6-12H2,1-3H3,(H,18,21)/t13-/m0/s1. The van der Waals surface area contributed by atoms with Gasteiger partial charge in [-0.25, -0.2) is 4.79 Å². The molecule has 1 heterocycles. The number of nitrogens with one attached hydrogen (secondary N) is 1. The molecule has 0 aromatic rings. The fourth-order valence-corrected chi connectivity index (χ4v) is 2.99. The summed E-state index contributed by atoms with van der Waals surface area (Å²) < 4.78 is 5.27. The smallest absolute Gasteiger partial charge is 0.407 e. The predicted molar refractivity (Wildman–Crippen MR) is 85.5 cm³/mol. The zero-order valence-electron chi connectivity index (χ0n) is 13.9. The van der Waals surface area contributed by atoms with Gasteiger partial charge < -0.3 is 15.0 Å². The molecule has 1 aliphatic carbocycles. The second-order valence-corrected chi connectivity index (χ2v) is 7.23. The van der Waals surface area contributed by atoms with Gasteiger partial charge in [-0.3, -0.25) is 4.79 Å². The molecule has 5 nitrogen and oxygen atoms in total. The molecule has 124 valence electrons. The van der Waals surface area contributed by atoms with Gasteiger partial charge in [0.05, 0.1) is 0 Å². The lowest BCUT2D eigenvalue weighted by molar-refractivity contribution is -0.136. The van der Waals surface area contributed by atoms with E-state index in [1.54, 1.807) is 0 Å². The second-order valence-electron chi connectivity index (χ2n) is 7.23. The molecule has 0 saturated carbocycles. The molecule has 0 radical (unpaired) electrons. The van der Waals surface area contributed by atoms with Crippen LogP contribution >= 0.6 is 0 Å². The van der Waals surface area contributed by atoms with Gasteiger partial charge in [0.15, 0.2) is 0 Å². The average molecular weight is 308 g/mol. The molecule has 0 aromatic carbocycles. The summed E-state index contributed by atoms with van der Waals surface area (Å²) in [7, 11) is 0. The summed E-state index contributed by atoms with van der Waals surface area (Å²) in [5.74, 6) is 0.431. The lowest BCUT2D eigenvalue weighted by Crippen LogP contribution is -2.49. The van der Waals surface area contributed by atoms with Crippen LogP contribution in [0.2, 0.25) is 0 Å². The molecule has 2 rings (SSSR count). The molecule has 1 N–H and O–H groups in total. The molecular weight excluding hydrogens is 280 g/mol. The fourth-order valence-electron chi connectivity index (χ4n) is 2.99. The van der Waals surface area contributed by atoms with E-state index in [1.165, 1.54) is 0 Å². The second kappa shape index (κ2) is 7.16. The van der Waals surface area contributed by atoms with Crippen LogP contribution < -0.4 is 5.32 Å². The number of allylic oxidation sites excluding steroid dienone is 2. The number of hydrogen-bond acceptors (Lipinski definition) is 3. The number of amides is 2. The first-order chi connectivity index (χ1) is 10.3. The molecule has 1 fully saturated rings. The van der Waals surface area contributed by atoms with Gasteiger partial charge in [0.1, 0.15) is 5.60 Å². The van der Waals surface area contributed by atoms with Crippen molar-refractivity contribution >= 4 is 12.0 Å². The topological polar surface area (TPSA) is 58.6 Å². The van der Waals surface area contributed by atoms with Crippen LogP contribution in [-0.4, -0.2) is 41.6 Å². The lowest BCUT2D eigenvalue weighted by atomic mass is 9.92. The van der Waals surface area contributed by atoms with E-state index < -0.39 is 5.60 Å². The minimum atomic E-state index is -0.477. The van der Waals surface area contributed by atoms with Gasteiger partial charge in [-0.1, -0.05) is 12.2 Å². The number of alkyl carbamates (subject to hydrolysis) is 1. The summed E-state index contributed by atoms with van der Waals surface area (Å²) in [5.41, 5.74) is -0.477. The van der Waals surface area contributed by atoms with Crippen molar-refractivity contribution in [1.29, 1.82) is 0 Å². The van der Waals surface area contributed by atoms with Crippen molar-refractivity contribution in [3.63, 3.8) is 0 Å². The summed E-state index contributed by atoms with van der Waals surface area (Å²) in [5, 5.41) is 2.90. The van der Waals surface area contributed by atoms with Gasteiger partial charge in [-0.05, 0) is 52.9 Å². The van der Waals surface area contributed by atoms with Crippen molar-refractivity contribution in [1.82, 2.24) is 10.2 Å². The van der Waals surface area contributed by atoms with Crippen molar-refractivity contribution in [2.75, 3.05) is 13.1 Å². The van der Waals surface area contributed by atoms with Crippen molar-refractivity contribution in [2.45, 2.75) is 64.5 Å². The van der Waals surface area contributed by atoms with Crippen molar-refractivity contribution < 1.29 is 14.3 Å². The van der Waals surface area contributed by atoms with Crippen molar-refractivity contribution in [3.8, 4) is 0 Å². The zero-order valence-corrected chi connectivity index (χ0v) is 13.9. The molecule has 1 aliphatic heterocycles. The van der Waals surface area contributed by atoms with Crippen LogP contribution in [0.15, 0.2) is 12.2 Å². The molecule has 0 spiro atoms. The number of piperidine rings is 1. The Morgan fingerprint density at radius 2 is 1.82 bits per heavy atom. The number of nitrogens with zero attached hydrogens (tertiary/aromatic N) is 1. The molecule has 22 heavy (non-hydrogen) atoms. The van der Waals surface area contributed by atoms with Crippen LogP contribution in [0.25, 0.3) is 0 Å².